The molecule has 5 nitrogen and oxygen atoms in total. The minimum absolute atomic E-state index is 0.275. The van der Waals surface area contributed by atoms with E-state index < -0.39 is 11.5 Å². The highest BCUT2D eigenvalue weighted by Crippen LogP contribution is 2.18. The van der Waals surface area contributed by atoms with Crippen LogP contribution in [0.1, 0.15) is 25.6 Å². The van der Waals surface area contributed by atoms with Crippen molar-refractivity contribution in [3.8, 4) is 0 Å². The fourth-order valence-electron chi connectivity index (χ4n) is 1.50. The van der Waals surface area contributed by atoms with Crippen molar-refractivity contribution in [2.75, 3.05) is 13.6 Å². The summed E-state index contributed by atoms with van der Waals surface area (Å²) in [5.74, 6) is -1.02. The average molecular weight is 284 g/mol. The summed E-state index contributed by atoms with van der Waals surface area (Å²) in [4.78, 5) is 27.5. The molecule has 1 aromatic heterocycles. The molecule has 0 aliphatic carbocycles. The number of amides is 2. The Morgan fingerprint density at radius 3 is 2.47 bits per heavy atom. The first-order valence-corrected chi connectivity index (χ1v) is 6.97. The van der Waals surface area contributed by atoms with Crippen molar-refractivity contribution in [1.29, 1.82) is 0 Å². The highest BCUT2D eigenvalue weighted by molar-refractivity contribution is 7.09. The van der Waals surface area contributed by atoms with Crippen molar-refractivity contribution in [1.82, 2.24) is 9.80 Å². The molecular formula is C13H20N2O3S. The largest absolute Gasteiger partial charge is 0.480 e. The number of carboxylic acid groups (broad SMARTS) is 1. The zero-order valence-electron chi connectivity index (χ0n) is 11.7. The van der Waals surface area contributed by atoms with Gasteiger partial charge in [0.05, 0.1) is 6.54 Å². The van der Waals surface area contributed by atoms with Crippen molar-refractivity contribution in [2.45, 2.75) is 32.9 Å². The normalized spacial score (nSPS) is 11.2. The van der Waals surface area contributed by atoms with Crippen molar-refractivity contribution in [3.05, 3.63) is 22.4 Å². The molecule has 1 heterocycles. The number of rotatable bonds is 5. The van der Waals surface area contributed by atoms with Gasteiger partial charge in [0.2, 0.25) is 0 Å². The summed E-state index contributed by atoms with van der Waals surface area (Å²) in [6, 6.07) is 3.62. The Bertz CT molecular complexity index is 443. The number of urea groups is 1. The number of aliphatic carboxylic acids is 1. The van der Waals surface area contributed by atoms with Crippen LogP contribution in [0, 0.1) is 0 Å². The fraction of sp³-hybridized carbons (Fsp3) is 0.538. The zero-order valence-corrected chi connectivity index (χ0v) is 12.5. The zero-order chi connectivity index (χ0) is 14.6. The predicted molar refractivity (Wildman–Crippen MR) is 75.3 cm³/mol. The predicted octanol–water partition coefficient (Wildman–Crippen LogP) is 2.49. The molecule has 19 heavy (non-hydrogen) atoms. The maximum Gasteiger partial charge on any atom is 0.329 e. The van der Waals surface area contributed by atoms with Crippen LogP contribution in [0.25, 0.3) is 0 Å². The molecule has 0 radical (unpaired) electrons. The number of thiophene rings is 1. The van der Waals surface area contributed by atoms with Crippen LogP contribution in [0.2, 0.25) is 0 Å². The molecule has 106 valence electrons. The van der Waals surface area contributed by atoms with Gasteiger partial charge in [0.15, 0.2) is 0 Å². The summed E-state index contributed by atoms with van der Waals surface area (Å²) in [7, 11) is 1.52. The van der Waals surface area contributed by atoms with E-state index in [0.29, 0.717) is 13.1 Å². The van der Waals surface area contributed by atoms with Gasteiger partial charge in [0.25, 0.3) is 0 Å². The van der Waals surface area contributed by atoms with E-state index in [1.54, 1.807) is 16.2 Å². The molecule has 0 saturated heterocycles. The Labute approximate surface area is 117 Å². The lowest BCUT2D eigenvalue weighted by Crippen LogP contribution is -2.54. The third-order valence-electron chi connectivity index (χ3n) is 3.23. The molecule has 0 fully saturated rings. The molecule has 6 heteroatoms. The van der Waals surface area contributed by atoms with E-state index in [9.17, 15) is 9.59 Å². The van der Waals surface area contributed by atoms with Crippen LogP contribution in [0.5, 0.6) is 0 Å². The average Bonchev–Trinajstić information content (AvgIpc) is 2.86. The van der Waals surface area contributed by atoms with E-state index in [-0.39, 0.29) is 6.03 Å². The van der Waals surface area contributed by atoms with Gasteiger partial charge >= 0.3 is 12.0 Å². The van der Waals surface area contributed by atoms with E-state index in [1.807, 2.05) is 24.4 Å². The van der Waals surface area contributed by atoms with Crippen LogP contribution in [0.15, 0.2) is 17.5 Å². The Hall–Kier alpha value is -1.56. The molecule has 0 bridgehead atoms. The Morgan fingerprint density at radius 1 is 1.42 bits per heavy atom. The third-order valence-corrected chi connectivity index (χ3v) is 4.09. The van der Waals surface area contributed by atoms with Crippen LogP contribution in [-0.2, 0) is 11.3 Å². The molecule has 0 aliphatic heterocycles. The van der Waals surface area contributed by atoms with E-state index in [2.05, 4.69) is 0 Å². The highest BCUT2D eigenvalue weighted by atomic mass is 32.1. The molecule has 0 saturated carbocycles. The van der Waals surface area contributed by atoms with Gasteiger partial charge in [-0.15, -0.1) is 11.3 Å². The summed E-state index contributed by atoms with van der Waals surface area (Å²) in [6.45, 7) is 5.97. The second-order valence-electron chi connectivity index (χ2n) is 4.80. The molecule has 0 aliphatic rings. The van der Waals surface area contributed by atoms with Gasteiger partial charge in [0.1, 0.15) is 5.54 Å². The van der Waals surface area contributed by atoms with Crippen molar-refractivity contribution in [2.24, 2.45) is 0 Å². The van der Waals surface area contributed by atoms with Crippen LogP contribution < -0.4 is 0 Å². The number of nitrogens with zero attached hydrogens (tertiary/aromatic N) is 2. The molecule has 0 atom stereocenters. The minimum atomic E-state index is -1.22. The van der Waals surface area contributed by atoms with Gasteiger partial charge in [-0.25, -0.2) is 9.59 Å². The standard InChI is InChI=1S/C13H20N2O3S/c1-5-15(9-10-7-6-8-19-10)12(18)14(4)13(2,3)11(16)17/h6-8H,5,9H2,1-4H3,(H,16,17). The van der Waals surface area contributed by atoms with Gasteiger partial charge in [0, 0.05) is 18.5 Å². The van der Waals surface area contributed by atoms with E-state index in [4.69, 9.17) is 5.11 Å². The van der Waals surface area contributed by atoms with Gasteiger partial charge in [-0.2, -0.15) is 0 Å². The van der Waals surface area contributed by atoms with Crippen LogP contribution in [-0.4, -0.2) is 46.0 Å². The number of hydrogen-bond donors (Lipinski definition) is 1. The lowest BCUT2D eigenvalue weighted by molar-refractivity contribution is -0.147. The van der Waals surface area contributed by atoms with Gasteiger partial charge in [-0.1, -0.05) is 6.07 Å². The summed E-state index contributed by atoms with van der Waals surface area (Å²) < 4.78 is 0. The number of likely N-dealkylation sites (N-methyl/N-ethyl adjacent to an activating group) is 1. The quantitative estimate of drug-likeness (QED) is 0.903. The Kier molecular flexibility index (Phi) is 4.94. The summed E-state index contributed by atoms with van der Waals surface area (Å²) in [6.07, 6.45) is 0. The van der Waals surface area contributed by atoms with E-state index in [0.717, 1.165) is 4.88 Å². The molecule has 2 amide bonds. The second-order valence-corrected chi connectivity index (χ2v) is 5.83. The van der Waals surface area contributed by atoms with Crippen LogP contribution in [0.3, 0.4) is 0 Å². The Balaban J connectivity index is 2.81. The first kappa shape index (κ1) is 15.5. The number of carbonyl (C=O) groups excluding carboxylic acids is 1. The van der Waals surface area contributed by atoms with Gasteiger partial charge < -0.3 is 14.9 Å². The first-order chi connectivity index (χ1) is 8.80. The van der Waals surface area contributed by atoms with Crippen LogP contribution >= 0.6 is 11.3 Å². The van der Waals surface area contributed by atoms with Crippen molar-refractivity contribution in [3.63, 3.8) is 0 Å². The Morgan fingerprint density at radius 2 is 2.05 bits per heavy atom. The molecule has 1 rings (SSSR count). The maximum absolute atomic E-state index is 12.3. The van der Waals surface area contributed by atoms with E-state index in [1.165, 1.54) is 25.8 Å². The molecular weight excluding hydrogens is 264 g/mol. The summed E-state index contributed by atoms with van der Waals surface area (Å²) in [5, 5.41) is 11.1. The summed E-state index contributed by atoms with van der Waals surface area (Å²) in [5.41, 5.74) is -1.22. The topological polar surface area (TPSA) is 60.9 Å². The first-order valence-electron chi connectivity index (χ1n) is 6.09. The second kappa shape index (κ2) is 6.06. The monoisotopic (exact) mass is 284 g/mol. The van der Waals surface area contributed by atoms with Gasteiger partial charge in [-0.05, 0) is 32.2 Å². The van der Waals surface area contributed by atoms with Crippen molar-refractivity contribution >= 4 is 23.3 Å². The minimum Gasteiger partial charge on any atom is -0.480 e. The lowest BCUT2D eigenvalue weighted by atomic mass is 10.0. The van der Waals surface area contributed by atoms with Crippen molar-refractivity contribution < 1.29 is 14.7 Å². The van der Waals surface area contributed by atoms with Crippen LogP contribution in [0.4, 0.5) is 4.79 Å². The number of carbonyl (C=O) groups is 2. The number of hydrogen-bond acceptors (Lipinski definition) is 3. The third kappa shape index (κ3) is 3.47. The molecule has 1 aromatic rings. The maximum atomic E-state index is 12.3. The molecule has 0 unspecified atom stereocenters. The number of carboxylic acids is 1. The lowest BCUT2D eigenvalue weighted by Gasteiger charge is -2.35. The smallest absolute Gasteiger partial charge is 0.329 e. The molecule has 0 aromatic carbocycles. The highest BCUT2D eigenvalue weighted by Gasteiger charge is 2.36. The fourth-order valence-corrected chi connectivity index (χ4v) is 2.22. The molecule has 1 N–H and O–H groups in total. The SMILES string of the molecule is CCN(Cc1cccs1)C(=O)N(C)C(C)(C)C(=O)O. The van der Waals surface area contributed by atoms with E-state index >= 15 is 0 Å². The summed E-state index contributed by atoms with van der Waals surface area (Å²) >= 11 is 1.58. The van der Waals surface area contributed by atoms with Gasteiger partial charge in [-0.3, -0.25) is 0 Å². The molecule has 0 spiro atoms.